The second-order valence-electron chi connectivity index (χ2n) is 3.50. The molecule has 0 aliphatic heterocycles. The van der Waals surface area contributed by atoms with Crippen LogP contribution in [0.3, 0.4) is 0 Å². The number of halogens is 1. The van der Waals surface area contributed by atoms with Crippen molar-refractivity contribution in [3.8, 4) is 6.07 Å². The van der Waals surface area contributed by atoms with Gasteiger partial charge in [0, 0.05) is 26.5 Å². The van der Waals surface area contributed by atoms with Gasteiger partial charge in [0.15, 0.2) is 0 Å². The molecule has 1 rings (SSSR count). The van der Waals surface area contributed by atoms with E-state index >= 15 is 0 Å². The van der Waals surface area contributed by atoms with Gasteiger partial charge in [-0.2, -0.15) is 5.26 Å². The van der Waals surface area contributed by atoms with E-state index in [0.717, 1.165) is 5.69 Å². The first-order valence-corrected chi connectivity index (χ1v) is 5.54. The van der Waals surface area contributed by atoms with Crippen molar-refractivity contribution in [1.29, 1.82) is 5.26 Å². The first-order chi connectivity index (χ1) is 8.21. The van der Waals surface area contributed by atoms with Crippen LogP contribution in [-0.4, -0.2) is 33.5 Å². The number of hydrogen-bond acceptors (Lipinski definition) is 4. The zero-order valence-corrected chi connectivity index (χ0v) is 10.6. The number of anilines is 1. The van der Waals surface area contributed by atoms with Crippen LogP contribution in [0.2, 0.25) is 5.02 Å². The lowest BCUT2D eigenvalue weighted by Crippen LogP contribution is -2.26. The van der Waals surface area contributed by atoms with Crippen LogP contribution in [0.4, 0.5) is 5.69 Å². The molecule has 0 heterocycles. The molecule has 0 bridgehead atoms. The fourth-order valence-corrected chi connectivity index (χ4v) is 1.57. The van der Waals surface area contributed by atoms with Gasteiger partial charge in [-0.15, -0.1) is 0 Å². The third kappa shape index (κ3) is 4.23. The standard InChI is InChI=1S/C12H15ClN2O2/c1-16-8-11(17-2)7-15-10-4-3-9(6-14)12(13)5-10/h3-5,11,15H,7-8H2,1-2H3. The number of methoxy groups -OCH3 is 2. The van der Waals surface area contributed by atoms with Gasteiger partial charge in [0.2, 0.25) is 0 Å². The molecule has 1 atom stereocenters. The van der Waals surface area contributed by atoms with Crippen molar-refractivity contribution in [2.75, 3.05) is 32.7 Å². The summed E-state index contributed by atoms with van der Waals surface area (Å²) in [5, 5.41) is 12.4. The summed E-state index contributed by atoms with van der Waals surface area (Å²) >= 11 is 5.92. The number of hydrogen-bond donors (Lipinski definition) is 1. The van der Waals surface area contributed by atoms with Gasteiger partial charge in [-0.1, -0.05) is 11.6 Å². The molecule has 0 amide bonds. The van der Waals surface area contributed by atoms with Crippen LogP contribution in [-0.2, 0) is 9.47 Å². The van der Waals surface area contributed by atoms with E-state index in [-0.39, 0.29) is 6.10 Å². The highest BCUT2D eigenvalue weighted by molar-refractivity contribution is 6.32. The fourth-order valence-electron chi connectivity index (χ4n) is 1.34. The minimum absolute atomic E-state index is 0.0191. The lowest BCUT2D eigenvalue weighted by atomic mass is 10.2. The van der Waals surface area contributed by atoms with Gasteiger partial charge in [-0.05, 0) is 18.2 Å². The van der Waals surface area contributed by atoms with Crippen LogP contribution in [0.25, 0.3) is 0 Å². The van der Waals surface area contributed by atoms with Gasteiger partial charge >= 0.3 is 0 Å². The molecule has 5 heteroatoms. The molecular weight excluding hydrogens is 240 g/mol. The summed E-state index contributed by atoms with van der Waals surface area (Å²) < 4.78 is 10.2. The summed E-state index contributed by atoms with van der Waals surface area (Å²) in [5.74, 6) is 0. The smallest absolute Gasteiger partial charge is 0.101 e. The van der Waals surface area contributed by atoms with Crippen molar-refractivity contribution in [1.82, 2.24) is 0 Å². The van der Waals surface area contributed by atoms with Gasteiger partial charge in [0.25, 0.3) is 0 Å². The minimum atomic E-state index is -0.0191. The fraction of sp³-hybridized carbons (Fsp3) is 0.417. The Morgan fingerprint density at radius 1 is 1.47 bits per heavy atom. The number of benzene rings is 1. The van der Waals surface area contributed by atoms with Crippen LogP contribution in [0, 0.1) is 11.3 Å². The molecule has 0 aromatic heterocycles. The summed E-state index contributed by atoms with van der Waals surface area (Å²) in [6.45, 7) is 1.14. The maximum Gasteiger partial charge on any atom is 0.101 e. The van der Waals surface area contributed by atoms with E-state index < -0.39 is 0 Å². The first-order valence-electron chi connectivity index (χ1n) is 5.16. The summed E-state index contributed by atoms with van der Waals surface area (Å²) in [5.41, 5.74) is 1.32. The number of nitriles is 1. The second kappa shape index (κ2) is 7.13. The minimum Gasteiger partial charge on any atom is -0.382 e. The average Bonchev–Trinajstić information content (AvgIpc) is 2.34. The van der Waals surface area contributed by atoms with Gasteiger partial charge in [-0.25, -0.2) is 0 Å². The largest absolute Gasteiger partial charge is 0.382 e. The predicted molar refractivity (Wildman–Crippen MR) is 67.3 cm³/mol. The van der Waals surface area contributed by atoms with Crippen molar-refractivity contribution in [2.24, 2.45) is 0 Å². The number of nitrogens with zero attached hydrogens (tertiary/aromatic N) is 1. The topological polar surface area (TPSA) is 54.3 Å². The lowest BCUT2D eigenvalue weighted by molar-refractivity contribution is 0.0365. The van der Waals surface area contributed by atoms with Crippen LogP contribution < -0.4 is 5.32 Å². The van der Waals surface area contributed by atoms with Crippen molar-refractivity contribution >= 4 is 17.3 Å². The molecule has 17 heavy (non-hydrogen) atoms. The average molecular weight is 255 g/mol. The molecule has 1 N–H and O–H groups in total. The lowest BCUT2D eigenvalue weighted by Gasteiger charge is -2.16. The Balaban J connectivity index is 2.58. The third-order valence-electron chi connectivity index (χ3n) is 2.31. The van der Waals surface area contributed by atoms with Gasteiger partial charge in [-0.3, -0.25) is 0 Å². The molecule has 92 valence electrons. The number of ether oxygens (including phenoxy) is 2. The Hall–Kier alpha value is -1.28. The SMILES string of the molecule is COCC(CNc1ccc(C#N)c(Cl)c1)OC. The molecule has 0 aliphatic carbocycles. The zero-order valence-electron chi connectivity index (χ0n) is 9.87. The first kappa shape index (κ1) is 13.8. The molecule has 1 unspecified atom stereocenters. The second-order valence-corrected chi connectivity index (χ2v) is 3.91. The van der Waals surface area contributed by atoms with E-state index in [1.54, 1.807) is 26.4 Å². The van der Waals surface area contributed by atoms with E-state index in [4.69, 9.17) is 26.3 Å². The predicted octanol–water partition coefficient (Wildman–Crippen LogP) is 2.28. The van der Waals surface area contributed by atoms with E-state index in [9.17, 15) is 0 Å². The summed E-state index contributed by atoms with van der Waals surface area (Å²) in [6.07, 6.45) is -0.0191. The Labute approximate surface area is 106 Å². The Morgan fingerprint density at radius 2 is 2.24 bits per heavy atom. The highest BCUT2D eigenvalue weighted by Crippen LogP contribution is 2.20. The van der Waals surface area contributed by atoms with Crippen LogP contribution in [0.1, 0.15) is 5.56 Å². The Morgan fingerprint density at radius 3 is 2.76 bits per heavy atom. The Bertz CT molecular complexity index is 404. The molecular formula is C12H15ClN2O2. The highest BCUT2D eigenvalue weighted by Gasteiger charge is 2.07. The molecule has 0 saturated heterocycles. The van der Waals surface area contributed by atoms with Gasteiger partial charge < -0.3 is 14.8 Å². The monoisotopic (exact) mass is 254 g/mol. The van der Waals surface area contributed by atoms with Crippen molar-refractivity contribution in [2.45, 2.75) is 6.10 Å². The zero-order chi connectivity index (χ0) is 12.7. The summed E-state index contributed by atoms with van der Waals surface area (Å²) in [7, 11) is 3.27. The van der Waals surface area contributed by atoms with E-state index in [1.165, 1.54) is 0 Å². The number of rotatable bonds is 6. The van der Waals surface area contributed by atoms with Crippen LogP contribution in [0.5, 0.6) is 0 Å². The molecule has 0 fully saturated rings. The third-order valence-corrected chi connectivity index (χ3v) is 2.62. The van der Waals surface area contributed by atoms with Crippen LogP contribution >= 0.6 is 11.6 Å². The maximum absolute atomic E-state index is 8.74. The molecule has 0 aliphatic rings. The van der Waals surface area contributed by atoms with Crippen molar-refractivity contribution in [3.63, 3.8) is 0 Å². The molecule has 1 aromatic rings. The molecule has 0 spiro atoms. The van der Waals surface area contributed by atoms with E-state index in [1.807, 2.05) is 12.1 Å². The molecule has 1 aromatic carbocycles. The molecule has 0 radical (unpaired) electrons. The van der Waals surface area contributed by atoms with Gasteiger partial charge in [0.05, 0.1) is 23.3 Å². The maximum atomic E-state index is 8.74. The quantitative estimate of drug-likeness (QED) is 0.846. The normalized spacial score (nSPS) is 11.9. The van der Waals surface area contributed by atoms with E-state index in [0.29, 0.717) is 23.7 Å². The molecule has 4 nitrogen and oxygen atoms in total. The highest BCUT2D eigenvalue weighted by atomic mass is 35.5. The molecule has 0 saturated carbocycles. The van der Waals surface area contributed by atoms with Gasteiger partial charge in [0.1, 0.15) is 6.07 Å². The van der Waals surface area contributed by atoms with E-state index in [2.05, 4.69) is 5.32 Å². The Kier molecular flexibility index (Phi) is 5.78. The van der Waals surface area contributed by atoms with Crippen LogP contribution in [0.15, 0.2) is 18.2 Å². The summed E-state index contributed by atoms with van der Waals surface area (Å²) in [6, 6.07) is 7.23. The number of nitrogens with one attached hydrogen (secondary N) is 1. The summed E-state index contributed by atoms with van der Waals surface area (Å²) in [4.78, 5) is 0. The van der Waals surface area contributed by atoms with Crippen molar-refractivity contribution < 1.29 is 9.47 Å². The van der Waals surface area contributed by atoms with Crippen molar-refractivity contribution in [3.05, 3.63) is 28.8 Å².